The minimum absolute atomic E-state index is 0. The quantitative estimate of drug-likeness (QED) is 0.155. The molecule has 216 valence electrons. The van der Waals surface area contributed by atoms with E-state index in [-0.39, 0.29) is 74.7 Å². The number of ether oxygens (including phenoxy) is 2. The summed E-state index contributed by atoms with van der Waals surface area (Å²) in [6, 6.07) is -0.165. The standard InChI is InChI=1S/C17H27NO6.C8H19N3O.CH4/c1-3-14-11-16(21)18(17(14)22)7-6-15(20)5-4-8-23-9-10-24-12-13(2)19;1-10-6-4-3-5-7(11-2)8(9)12;/h14H,3-12H2,1-2H3;7,10-11H,3-6H2,1-2H3,(H2,9,12);1H4. The highest BCUT2D eigenvalue weighted by Gasteiger charge is 2.36. The Morgan fingerprint density at radius 2 is 1.73 bits per heavy atom. The predicted molar refractivity (Wildman–Crippen MR) is 143 cm³/mol. The molecule has 0 aromatic heterocycles. The number of hydrogen-bond donors (Lipinski definition) is 3. The van der Waals surface area contributed by atoms with Crippen LogP contribution in [0.3, 0.4) is 0 Å². The summed E-state index contributed by atoms with van der Waals surface area (Å²) >= 11 is 0. The summed E-state index contributed by atoms with van der Waals surface area (Å²) in [7, 11) is 3.68. The molecule has 11 nitrogen and oxygen atoms in total. The van der Waals surface area contributed by atoms with E-state index in [0.29, 0.717) is 39.1 Å². The molecule has 0 aromatic carbocycles. The lowest BCUT2D eigenvalue weighted by Gasteiger charge is -2.14. The normalized spacial score (nSPS) is 15.6. The Hall–Kier alpha value is -2.21. The van der Waals surface area contributed by atoms with Gasteiger partial charge in [0, 0.05) is 38.3 Å². The Kier molecular flexibility index (Phi) is 22.9. The van der Waals surface area contributed by atoms with E-state index < -0.39 is 0 Å². The zero-order valence-electron chi connectivity index (χ0n) is 22.4. The summed E-state index contributed by atoms with van der Waals surface area (Å²) in [4.78, 5) is 58.1. The third-order valence-corrected chi connectivity index (χ3v) is 5.73. The number of likely N-dealkylation sites (tertiary alicyclic amines) is 1. The number of ketones is 2. The van der Waals surface area contributed by atoms with Crippen molar-refractivity contribution in [1.82, 2.24) is 15.5 Å². The zero-order chi connectivity index (χ0) is 27.3. The van der Waals surface area contributed by atoms with Gasteiger partial charge < -0.3 is 25.8 Å². The Morgan fingerprint density at radius 1 is 1.05 bits per heavy atom. The second-order valence-corrected chi connectivity index (χ2v) is 8.80. The van der Waals surface area contributed by atoms with Crippen LogP contribution in [0, 0.1) is 5.92 Å². The maximum absolute atomic E-state index is 11.9. The number of nitrogens with two attached hydrogens (primary N) is 1. The van der Waals surface area contributed by atoms with Crippen molar-refractivity contribution in [1.29, 1.82) is 0 Å². The summed E-state index contributed by atoms with van der Waals surface area (Å²) < 4.78 is 10.3. The molecular formula is C26H50N4O7. The minimum atomic E-state index is -0.262. The molecule has 11 heteroatoms. The van der Waals surface area contributed by atoms with Crippen molar-refractivity contribution in [2.75, 3.05) is 53.6 Å². The molecule has 0 aliphatic carbocycles. The van der Waals surface area contributed by atoms with Crippen LogP contribution in [-0.2, 0) is 33.4 Å². The molecule has 4 N–H and O–H groups in total. The molecule has 1 aliphatic rings. The minimum Gasteiger partial charge on any atom is -0.379 e. The van der Waals surface area contributed by atoms with E-state index in [1.807, 2.05) is 14.0 Å². The molecule has 0 aromatic rings. The van der Waals surface area contributed by atoms with Crippen molar-refractivity contribution in [2.45, 2.75) is 78.7 Å². The fraction of sp³-hybridized carbons (Fsp3) is 0.808. The third-order valence-electron chi connectivity index (χ3n) is 5.73. The van der Waals surface area contributed by atoms with Crippen molar-refractivity contribution in [3.63, 3.8) is 0 Å². The largest absolute Gasteiger partial charge is 0.379 e. The Balaban J connectivity index is 0. The number of primary amides is 1. The van der Waals surface area contributed by atoms with E-state index in [1.165, 1.54) is 11.8 Å². The first-order chi connectivity index (χ1) is 17.2. The first-order valence-corrected chi connectivity index (χ1v) is 12.8. The molecule has 0 spiro atoms. The Labute approximate surface area is 222 Å². The molecule has 1 heterocycles. The fourth-order valence-corrected chi connectivity index (χ4v) is 3.55. The van der Waals surface area contributed by atoms with Gasteiger partial charge in [0.2, 0.25) is 17.7 Å². The van der Waals surface area contributed by atoms with Gasteiger partial charge in [-0.05, 0) is 53.2 Å². The van der Waals surface area contributed by atoms with Crippen LogP contribution in [0.15, 0.2) is 0 Å². The van der Waals surface area contributed by atoms with Crippen molar-refractivity contribution in [3.8, 4) is 0 Å². The van der Waals surface area contributed by atoms with E-state index in [2.05, 4.69) is 10.6 Å². The van der Waals surface area contributed by atoms with Crippen molar-refractivity contribution >= 4 is 29.3 Å². The summed E-state index contributed by atoms with van der Waals surface area (Å²) in [5.74, 6) is -0.807. The topological polar surface area (TPSA) is 157 Å². The van der Waals surface area contributed by atoms with Crippen LogP contribution in [0.4, 0.5) is 0 Å². The summed E-state index contributed by atoms with van der Waals surface area (Å²) in [6.45, 7) is 5.79. The van der Waals surface area contributed by atoms with Crippen molar-refractivity contribution < 1.29 is 33.4 Å². The van der Waals surface area contributed by atoms with Crippen molar-refractivity contribution in [3.05, 3.63) is 0 Å². The highest BCUT2D eigenvalue weighted by atomic mass is 16.5. The molecule has 1 aliphatic heterocycles. The van der Waals surface area contributed by atoms with Gasteiger partial charge in [0.25, 0.3) is 0 Å². The van der Waals surface area contributed by atoms with Gasteiger partial charge in [0.05, 0.1) is 19.3 Å². The van der Waals surface area contributed by atoms with Crippen LogP contribution >= 0.6 is 0 Å². The lowest BCUT2D eigenvalue weighted by atomic mass is 10.1. The second-order valence-electron chi connectivity index (χ2n) is 8.80. The number of Topliss-reactive ketones (excluding diaryl/α,β-unsaturated/α-hetero) is 2. The number of nitrogens with zero attached hydrogens (tertiary/aromatic N) is 1. The van der Waals surface area contributed by atoms with Gasteiger partial charge in [-0.25, -0.2) is 0 Å². The lowest BCUT2D eigenvalue weighted by Crippen LogP contribution is -2.39. The van der Waals surface area contributed by atoms with Gasteiger partial charge in [0.1, 0.15) is 12.4 Å². The fourth-order valence-electron chi connectivity index (χ4n) is 3.55. The van der Waals surface area contributed by atoms with Crippen LogP contribution < -0.4 is 16.4 Å². The molecular weight excluding hydrogens is 480 g/mol. The van der Waals surface area contributed by atoms with E-state index in [1.54, 1.807) is 7.05 Å². The maximum Gasteiger partial charge on any atom is 0.234 e. The van der Waals surface area contributed by atoms with Crippen LogP contribution in [0.25, 0.3) is 0 Å². The van der Waals surface area contributed by atoms with Crippen molar-refractivity contribution in [2.24, 2.45) is 11.7 Å². The van der Waals surface area contributed by atoms with Gasteiger partial charge in [-0.3, -0.25) is 28.9 Å². The number of nitrogens with one attached hydrogen (secondary N) is 2. The molecule has 2 unspecified atom stereocenters. The van der Waals surface area contributed by atoms with Gasteiger partial charge in [-0.1, -0.05) is 20.8 Å². The number of likely N-dealkylation sites (N-methyl/N-ethyl adjacent to an activating group) is 1. The predicted octanol–water partition coefficient (Wildman–Crippen LogP) is 1.22. The highest BCUT2D eigenvalue weighted by Crippen LogP contribution is 2.22. The van der Waals surface area contributed by atoms with Gasteiger partial charge in [0.15, 0.2) is 5.78 Å². The summed E-state index contributed by atoms with van der Waals surface area (Å²) in [5.41, 5.74) is 5.14. The van der Waals surface area contributed by atoms with E-state index in [4.69, 9.17) is 15.2 Å². The average Bonchev–Trinajstić information content (AvgIpc) is 3.11. The first-order valence-electron chi connectivity index (χ1n) is 12.8. The molecule has 0 radical (unpaired) electrons. The van der Waals surface area contributed by atoms with E-state index >= 15 is 0 Å². The molecule has 0 saturated carbocycles. The van der Waals surface area contributed by atoms with Gasteiger partial charge in [-0.2, -0.15) is 0 Å². The second kappa shape index (κ2) is 22.9. The van der Waals surface area contributed by atoms with Gasteiger partial charge >= 0.3 is 0 Å². The Morgan fingerprint density at radius 3 is 2.27 bits per heavy atom. The molecule has 1 saturated heterocycles. The molecule has 1 rings (SSSR count). The average molecular weight is 531 g/mol. The molecule has 2 atom stereocenters. The summed E-state index contributed by atoms with van der Waals surface area (Å²) in [6.07, 6.45) is 5.01. The number of hydrogen-bond acceptors (Lipinski definition) is 9. The molecule has 3 amide bonds. The zero-order valence-corrected chi connectivity index (χ0v) is 22.4. The number of carbonyl (C=O) groups is 5. The van der Waals surface area contributed by atoms with Crippen LogP contribution in [0.5, 0.6) is 0 Å². The number of imide groups is 1. The first kappa shape index (κ1) is 36.9. The van der Waals surface area contributed by atoms with E-state index in [9.17, 15) is 24.0 Å². The van der Waals surface area contributed by atoms with Gasteiger partial charge in [-0.15, -0.1) is 0 Å². The highest BCUT2D eigenvalue weighted by molar-refractivity contribution is 6.03. The maximum atomic E-state index is 11.9. The number of rotatable bonds is 20. The SMILES string of the molecule is C.CCC1CC(=O)N(CCC(=O)CCCOCCOCC(C)=O)C1=O.CNCCCCC(NC)C(N)=O. The number of unbranched alkanes of at least 4 members (excludes halogenated alkanes) is 1. The smallest absolute Gasteiger partial charge is 0.234 e. The van der Waals surface area contributed by atoms with Crippen LogP contribution in [-0.4, -0.2) is 93.8 Å². The van der Waals surface area contributed by atoms with Crippen LogP contribution in [0.2, 0.25) is 0 Å². The number of amides is 3. The lowest BCUT2D eigenvalue weighted by molar-refractivity contribution is -0.139. The summed E-state index contributed by atoms with van der Waals surface area (Å²) in [5, 5.41) is 5.94. The molecule has 37 heavy (non-hydrogen) atoms. The Bertz CT molecular complexity index is 688. The molecule has 1 fully saturated rings. The van der Waals surface area contributed by atoms with Crippen LogP contribution in [0.1, 0.15) is 72.6 Å². The number of carbonyl (C=O) groups excluding carboxylic acids is 5. The monoisotopic (exact) mass is 530 g/mol. The molecule has 0 bridgehead atoms. The third kappa shape index (κ3) is 17.8. The van der Waals surface area contributed by atoms with E-state index in [0.717, 1.165) is 25.8 Å².